The highest BCUT2D eigenvalue weighted by molar-refractivity contribution is 7.71. The minimum atomic E-state index is 0.136. The van der Waals surface area contributed by atoms with Crippen LogP contribution in [0.2, 0.25) is 0 Å². The molecule has 3 rings (SSSR count). The Hall–Kier alpha value is -2.93. The lowest BCUT2D eigenvalue weighted by atomic mass is 9.87. The minimum Gasteiger partial charge on any atom is -0.493 e. The number of nitrogens with zero attached hydrogens (tertiary/aromatic N) is 3. The quantitative estimate of drug-likeness (QED) is 0.317. The van der Waals surface area contributed by atoms with E-state index >= 15 is 0 Å². The smallest absolute Gasteiger partial charge is 0.216 e. The van der Waals surface area contributed by atoms with Crippen LogP contribution in [0.25, 0.3) is 0 Å². The lowest BCUT2D eigenvalue weighted by molar-refractivity contribution is 0.284. The molecule has 170 valence electrons. The van der Waals surface area contributed by atoms with Gasteiger partial charge in [0.1, 0.15) is 6.61 Å². The molecule has 0 aliphatic rings. The van der Waals surface area contributed by atoms with Gasteiger partial charge in [-0.1, -0.05) is 58.4 Å². The molecule has 0 aliphatic heterocycles. The van der Waals surface area contributed by atoms with Crippen LogP contribution in [0.3, 0.4) is 0 Å². The normalized spacial score (nSPS) is 11.8. The van der Waals surface area contributed by atoms with Crippen molar-refractivity contribution < 1.29 is 9.47 Å². The molecule has 0 saturated carbocycles. The first kappa shape index (κ1) is 23.7. The van der Waals surface area contributed by atoms with Gasteiger partial charge in [0.05, 0.1) is 13.3 Å². The van der Waals surface area contributed by atoms with Crippen LogP contribution in [0, 0.1) is 4.77 Å². The molecule has 7 heteroatoms. The van der Waals surface area contributed by atoms with Gasteiger partial charge in [0.25, 0.3) is 0 Å². The van der Waals surface area contributed by atoms with Gasteiger partial charge in [-0.25, -0.2) is 0 Å². The summed E-state index contributed by atoms with van der Waals surface area (Å²) >= 11 is 5.30. The van der Waals surface area contributed by atoms with Gasteiger partial charge in [-0.05, 0) is 58.9 Å². The molecule has 0 fully saturated rings. The molecule has 0 unspecified atom stereocenters. The molecule has 0 atom stereocenters. The second-order valence-corrected chi connectivity index (χ2v) is 9.14. The molecular weight excluding hydrogens is 420 g/mol. The van der Waals surface area contributed by atoms with Crippen molar-refractivity contribution in [1.29, 1.82) is 0 Å². The zero-order chi connectivity index (χ0) is 23.1. The van der Waals surface area contributed by atoms with Crippen LogP contribution in [-0.4, -0.2) is 28.2 Å². The van der Waals surface area contributed by atoms with Gasteiger partial charge in [-0.2, -0.15) is 14.9 Å². The summed E-state index contributed by atoms with van der Waals surface area (Å²) in [5.74, 6) is 2.17. The zero-order valence-corrected chi connectivity index (χ0v) is 20.3. The Morgan fingerprint density at radius 1 is 1.12 bits per heavy atom. The second kappa shape index (κ2) is 10.6. The number of aromatic nitrogens is 3. The van der Waals surface area contributed by atoms with E-state index < -0.39 is 0 Å². The van der Waals surface area contributed by atoms with E-state index in [1.54, 1.807) is 18.0 Å². The predicted octanol–water partition coefficient (Wildman–Crippen LogP) is 6.05. The fourth-order valence-electron chi connectivity index (χ4n) is 3.21. The summed E-state index contributed by atoms with van der Waals surface area (Å²) in [6, 6.07) is 14.3. The van der Waals surface area contributed by atoms with Crippen molar-refractivity contribution in [2.24, 2.45) is 5.10 Å². The maximum absolute atomic E-state index is 6.02. The van der Waals surface area contributed by atoms with Crippen LogP contribution >= 0.6 is 12.2 Å². The van der Waals surface area contributed by atoms with Crippen molar-refractivity contribution in [2.75, 3.05) is 7.11 Å². The number of methoxy groups -OCH3 is 1. The first-order valence-electron chi connectivity index (χ1n) is 10.9. The summed E-state index contributed by atoms with van der Waals surface area (Å²) in [6.07, 6.45) is 4.70. The third-order valence-corrected chi connectivity index (χ3v) is 5.46. The third kappa shape index (κ3) is 6.07. The average molecular weight is 453 g/mol. The van der Waals surface area contributed by atoms with E-state index in [-0.39, 0.29) is 5.41 Å². The van der Waals surface area contributed by atoms with Crippen molar-refractivity contribution in [3.63, 3.8) is 0 Å². The highest BCUT2D eigenvalue weighted by Gasteiger charge is 2.13. The molecule has 0 bridgehead atoms. The Morgan fingerprint density at radius 2 is 1.88 bits per heavy atom. The Kier molecular flexibility index (Phi) is 7.85. The van der Waals surface area contributed by atoms with E-state index in [1.165, 1.54) is 5.56 Å². The van der Waals surface area contributed by atoms with Gasteiger partial charge in [0.15, 0.2) is 17.3 Å². The average Bonchev–Trinajstić information content (AvgIpc) is 3.13. The maximum Gasteiger partial charge on any atom is 0.216 e. The van der Waals surface area contributed by atoms with Crippen LogP contribution in [0.4, 0.5) is 0 Å². The number of ether oxygens (including phenoxy) is 2. The van der Waals surface area contributed by atoms with Gasteiger partial charge in [0, 0.05) is 6.42 Å². The number of aryl methyl sites for hydroxylation is 1. The topological polar surface area (TPSA) is 64.4 Å². The Bertz CT molecular complexity index is 1110. The Balaban J connectivity index is 1.70. The van der Waals surface area contributed by atoms with E-state index in [4.69, 9.17) is 21.7 Å². The van der Waals surface area contributed by atoms with Gasteiger partial charge >= 0.3 is 0 Å². The summed E-state index contributed by atoms with van der Waals surface area (Å²) in [5, 5.41) is 11.6. The fraction of sp³-hybridized carbons (Fsp3) is 0.400. The molecule has 1 heterocycles. The first-order valence-corrected chi connectivity index (χ1v) is 11.3. The molecule has 3 aromatic rings. The number of aromatic amines is 1. The van der Waals surface area contributed by atoms with Crippen LogP contribution in [0.5, 0.6) is 11.5 Å². The largest absolute Gasteiger partial charge is 0.493 e. The third-order valence-electron chi connectivity index (χ3n) is 5.20. The summed E-state index contributed by atoms with van der Waals surface area (Å²) in [4.78, 5) is 0. The van der Waals surface area contributed by atoms with Gasteiger partial charge in [0.2, 0.25) is 4.77 Å². The van der Waals surface area contributed by atoms with E-state index in [0.29, 0.717) is 22.9 Å². The molecule has 1 aromatic heterocycles. The SMILES string of the molecule is CCCCc1n[nH]c(=S)n1N=Cc1ccc(OCc2ccc(C(C)(C)C)cc2)c(OC)c1. The second-order valence-electron chi connectivity index (χ2n) is 8.75. The van der Waals surface area contributed by atoms with E-state index in [2.05, 4.69) is 67.3 Å². The van der Waals surface area contributed by atoms with Gasteiger partial charge in [-0.3, -0.25) is 5.10 Å². The van der Waals surface area contributed by atoms with E-state index in [1.807, 2.05) is 18.2 Å². The molecule has 32 heavy (non-hydrogen) atoms. The zero-order valence-electron chi connectivity index (χ0n) is 19.5. The van der Waals surface area contributed by atoms with Crippen molar-refractivity contribution in [3.8, 4) is 11.5 Å². The highest BCUT2D eigenvalue weighted by Crippen LogP contribution is 2.29. The monoisotopic (exact) mass is 452 g/mol. The molecule has 2 aromatic carbocycles. The van der Waals surface area contributed by atoms with Crippen LogP contribution in [0.1, 0.15) is 63.1 Å². The van der Waals surface area contributed by atoms with Crippen molar-refractivity contribution in [3.05, 3.63) is 69.8 Å². The standard InChI is InChI=1S/C25H32N4O2S/c1-6-7-8-23-27-28-24(32)29(23)26-16-19-11-14-21(22(15-19)30-5)31-17-18-9-12-20(13-10-18)25(2,3)4/h9-16H,6-8,17H2,1-5H3,(H,28,32). The summed E-state index contributed by atoms with van der Waals surface area (Å²) in [6.45, 7) is 9.24. The molecule has 0 spiro atoms. The molecule has 1 N–H and O–H groups in total. The van der Waals surface area contributed by atoms with Crippen molar-refractivity contribution in [2.45, 2.75) is 59.0 Å². The van der Waals surface area contributed by atoms with Crippen LogP contribution < -0.4 is 9.47 Å². The van der Waals surface area contributed by atoms with Gasteiger partial charge in [-0.15, -0.1) is 0 Å². The van der Waals surface area contributed by atoms with Crippen LogP contribution in [0.15, 0.2) is 47.6 Å². The molecular formula is C25H32N4O2S. The summed E-state index contributed by atoms with van der Waals surface area (Å²) in [7, 11) is 1.64. The summed E-state index contributed by atoms with van der Waals surface area (Å²) in [5.41, 5.74) is 3.43. The lowest BCUT2D eigenvalue weighted by Gasteiger charge is -2.19. The summed E-state index contributed by atoms with van der Waals surface area (Å²) < 4.78 is 13.7. The Labute approximate surface area is 195 Å². The highest BCUT2D eigenvalue weighted by atomic mass is 32.1. The number of rotatable bonds is 9. The number of benzene rings is 2. The molecule has 0 saturated heterocycles. The number of unbranched alkanes of at least 4 members (excludes halogenated alkanes) is 1. The fourth-order valence-corrected chi connectivity index (χ4v) is 3.41. The molecule has 0 aliphatic carbocycles. The first-order chi connectivity index (χ1) is 15.3. The maximum atomic E-state index is 6.02. The van der Waals surface area contributed by atoms with E-state index in [9.17, 15) is 0 Å². The van der Waals surface area contributed by atoms with Gasteiger partial charge < -0.3 is 9.47 Å². The number of nitrogens with one attached hydrogen (secondary N) is 1. The molecule has 0 radical (unpaired) electrons. The number of hydrogen-bond donors (Lipinski definition) is 1. The number of H-pyrrole nitrogens is 1. The minimum absolute atomic E-state index is 0.136. The lowest BCUT2D eigenvalue weighted by Crippen LogP contribution is -2.10. The van der Waals surface area contributed by atoms with Crippen LogP contribution in [-0.2, 0) is 18.4 Å². The molecule has 0 amide bonds. The van der Waals surface area contributed by atoms with E-state index in [0.717, 1.165) is 36.2 Å². The van der Waals surface area contributed by atoms with Crippen molar-refractivity contribution in [1.82, 2.24) is 14.9 Å². The predicted molar refractivity (Wildman–Crippen MR) is 131 cm³/mol. The number of hydrogen-bond acceptors (Lipinski definition) is 5. The van der Waals surface area contributed by atoms with Crippen molar-refractivity contribution >= 4 is 18.4 Å². The Morgan fingerprint density at radius 3 is 2.53 bits per heavy atom. The molecule has 6 nitrogen and oxygen atoms in total.